The van der Waals surface area contributed by atoms with Gasteiger partial charge < -0.3 is 9.64 Å². The van der Waals surface area contributed by atoms with Gasteiger partial charge in [-0.2, -0.15) is 5.11 Å². The maximum Gasteiger partial charge on any atom is 0.451 e. The average Bonchev–Trinajstić information content (AvgIpc) is 2.81. The Bertz CT molecular complexity index is 309. The number of azo groups is 1. The van der Waals surface area contributed by atoms with Crippen LogP contribution in [0.5, 0.6) is 0 Å². The van der Waals surface area contributed by atoms with Crippen LogP contribution in [0.3, 0.4) is 0 Å². The van der Waals surface area contributed by atoms with Crippen LogP contribution in [0.25, 0.3) is 0 Å². The van der Waals surface area contributed by atoms with Crippen molar-refractivity contribution in [3.63, 3.8) is 0 Å². The normalized spacial score (nSPS) is 17.8. The molecule has 0 saturated carbocycles. The van der Waals surface area contributed by atoms with Gasteiger partial charge in [-0.3, -0.25) is 4.79 Å². The molecule has 0 bridgehead atoms. The minimum absolute atomic E-state index is 0.0107. The lowest BCUT2D eigenvalue weighted by Gasteiger charge is -2.21. The van der Waals surface area contributed by atoms with E-state index in [1.807, 2.05) is 13.8 Å². The highest BCUT2D eigenvalue weighted by molar-refractivity contribution is 5.82. The van der Waals surface area contributed by atoms with E-state index in [0.29, 0.717) is 0 Å². The Balaban J connectivity index is 2.67. The summed E-state index contributed by atoms with van der Waals surface area (Å²) in [6.45, 7) is 5.31. The smallest absolute Gasteiger partial charge is 0.450 e. The SMILES string of the molecule is COC(=O)N=NC(C(=O)N1CCCC1)C(C)C. The van der Waals surface area contributed by atoms with E-state index in [1.165, 1.54) is 7.11 Å². The molecule has 17 heavy (non-hydrogen) atoms. The molecule has 1 saturated heterocycles. The van der Waals surface area contributed by atoms with Crippen molar-refractivity contribution >= 4 is 12.0 Å². The highest BCUT2D eigenvalue weighted by Crippen LogP contribution is 2.15. The molecule has 1 unspecified atom stereocenters. The highest BCUT2D eigenvalue weighted by atomic mass is 16.5. The molecule has 0 aliphatic carbocycles. The van der Waals surface area contributed by atoms with Gasteiger partial charge in [0.25, 0.3) is 0 Å². The van der Waals surface area contributed by atoms with Gasteiger partial charge >= 0.3 is 6.09 Å². The van der Waals surface area contributed by atoms with E-state index in [2.05, 4.69) is 15.0 Å². The largest absolute Gasteiger partial charge is 0.451 e. The predicted octanol–water partition coefficient (Wildman–Crippen LogP) is 1.85. The third kappa shape index (κ3) is 3.80. The van der Waals surface area contributed by atoms with Gasteiger partial charge in [0.15, 0.2) is 6.04 Å². The Morgan fingerprint density at radius 1 is 1.24 bits per heavy atom. The predicted molar refractivity (Wildman–Crippen MR) is 61.7 cm³/mol. The van der Waals surface area contributed by atoms with E-state index < -0.39 is 12.1 Å². The Morgan fingerprint density at radius 3 is 2.29 bits per heavy atom. The molecule has 6 heteroatoms. The fraction of sp³-hybridized carbons (Fsp3) is 0.818. The molecule has 0 spiro atoms. The number of carbonyl (C=O) groups excluding carboxylic acids is 2. The Kier molecular flexibility index (Phi) is 5.06. The second-order valence-corrected chi connectivity index (χ2v) is 4.41. The number of hydrogen-bond acceptors (Lipinski definition) is 4. The van der Waals surface area contributed by atoms with E-state index in [1.54, 1.807) is 4.90 Å². The summed E-state index contributed by atoms with van der Waals surface area (Å²) in [5.74, 6) is -0.0401. The van der Waals surface area contributed by atoms with Gasteiger partial charge in [0.2, 0.25) is 5.91 Å². The minimum atomic E-state index is -0.773. The number of methoxy groups -OCH3 is 1. The van der Waals surface area contributed by atoms with Crippen molar-refractivity contribution in [1.29, 1.82) is 0 Å². The number of ether oxygens (including phenoxy) is 1. The molecule has 2 amide bonds. The highest BCUT2D eigenvalue weighted by Gasteiger charge is 2.28. The molecule has 0 aromatic rings. The fourth-order valence-corrected chi connectivity index (χ4v) is 1.74. The molecular formula is C11H19N3O3. The lowest BCUT2D eigenvalue weighted by molar-refractivity contribution is -0.132. The number of likely N-dealkylation sites (tertiary alicyclic amines) is 1. The van der Waals surface area contributed by atoms with Gasteiger partial charge in [-0.05, 0) is 18.8 Å². The van der Waals surface area contributed by atoms with Crippen molar-refractivity contribution in [1.82, 2.24) is 4.90 Å². The topological polar surface area (TPSA) is 71.3 Å². The van der Waals surface area contributed by atoms with Crippen molar-refractivity contribution in [2.75, 3.05) is 20.2 Å². The molecular weight excluding hydrogens is 222 g/mol. The Hall–Kier alpha value is -1.46. The number of nitrogens with zero attached hydrogens (tertiary/aromatic N) is 3. The summed E-state index contributed by atoms with van der Waals surface area (Å²) in [4.78, 5) is 24.8. The first kappa shape index (κ1) is 13.6. The van der Waals surface area contributed by atoms with E-state index in [-0.39, 0.29) is 11.8 Å². The maximum absolute atomic E-state index is 12.1. The Labute approximate surface area is 101 Å². The summed E-state index contributed by atoms with van der Waals surface area (Å²) in [5, 5.41) is 7.17. The number of carbonyl (C=O) groups is 2. The molecule has 1 rings (SSSR count). The summed E-state index contributed by atoms with van der Waals surface area (Å²) in [6.07, 6.45) is 1.29. The van der Waals surface area contributed by atoms with Crippen LogP contribution in [0.15, 0.2) is 10.2 Å². The van der Waals surface area contributed by atoms with Gasteiger partial charge in [-0.15, -0.1) is 0 Å². The first-order chi connectivity index (χ1) is 8.06. The molecule has 1 heterocycles. The van der Waals surface area contributed by atoms with Crippen molar-refractivity contribution in [2.45, 2.75) is 32.7 Å². The van der Waals surface area contributed by atoms with Gasteiger partial charge in [-0.1, -0.05) is 19.0 Å². The summed E-state index contributed by atoms with van der Waals surface area (Å²) < 4.78 is 4.36. The molecule has 0 radical (unpaired) electrons. The molecule has 1 aliphatic rings. The lowest BCUT2D eigenvalue weighted by atomic mass is 10.0. The van der Waals surface area contributed by atoms with Crippen LogP contribution >= 0.6 is 0 Å². The van der Waals surface area contributed by atoms with Crippen LogP contribution in [0.4, 0.5) is 4.79 Å². The van der Waals surface area contributed by atoms with E-state index in [4.69, 9.17) is 0 Å². The van der Waals surface area contributed by atoms with Gasteiger partial charge in [0, 0.05) is 13.1 Å². The number of amides is 2. The van der Waals surface area contributed by atoms with Crippen LogP contribution < -0.4 is 0 Å². The molecule has 1 fully saturated rings. The molecule has 0 aromatic carbocycles. The number of rotatable bonds is 3. The third-order valence-corrected chi connectivity index (χ3v) is 2.74. The number of hydrogen-bond donors (Lipinski definition) is 0. The van der Waals surface area contributed by atoms with E-state index in [9.17, 15) is 9.59 Å². The summed E-state index contributed by atoms with van der Waals surface area (Å²) in [6, 6.07) is -0.591. The van der Waals surface area contributed by atoms with Crippen molar-refractivity contribution in [3.05, 3.63) is 0 Å². The summed E-state index contributed by atoms with van der Waals surface area (Å²) in [5.41, 5.74) is 0. The molecule has 0 N–H and O–H groups in total. The van der Waals surface area contributed by atoms with Crippen molar-refractivity contribution in [3.8, 4) is 0 Å². The second-order valence-electron chi connectivity index (χ2n) is 4.41. The van der Waals surface area contributed by atoms with E-state index in [0.717, 1.165) is 25.9 Å². The summed E-state index contributed by atoms with van der Waals surface area (Å²) in [7, 11) is 1.23. The lowest BCUT2D eigenvalue weighted by Crippen LogP contribution is -2.38. The van der Waals surface area contributed by atoms with Gasteiger partial charge in [0.1, 0.15) is 0 Å². The minimum Gasteiger partial charge on any atom is -0.450 e. The van der Waals surface area contributed by atoms with Crippen LogP contribution in [0, 0.1) is 5.92 Å². The van der Waals surface area contributed by atoms with Gasteiger partial charge in [0.05, 0.1) is 7.11 Å². The second kappa shape index (κ2) is 6.32. The molecule has 1 atom stereocenters. The first-order valence-electron chi connectivity index (χ1n) is 5.84. The van der Waals surface area contributed by atoms with Gasteiger partial charge in [-0.25, -0.2) is 4.79 Å². The zero-order valence-electron chi connectivity index (χ0n) is 10.5. The molecule has 1 aliphatic heterocycles. The van der Waals surface area contributed by atoms with Crippen LogP contribution in [0.1, 0.15) is 26.7 Å². The molecule has 0 aromatic heterocycles. The zero-order chi connectivity index (χ0) is 12.8. The van der Waals surface area contributed by atoms with Crippen molar-refractivity contribution < 1.29 is 14.3 Å². The standard InChI is InChI=1S/C11H19N3O3/c1-8(2)9(12-13-11(16)17-3)10(15)14-6-4-5-7-14/h8-9H,4-7H2,1-3H3. The fourth-order valence-electron chi connectivity index (χ4n) is 1.74. The third-order valence-electron chi connectivity index (χ3n) is 2.74. The monoisotopic (exact) mass is 241 g/mol. The van der Waals surface area contributed by atoms with Crippen LogP contribution in [0.2, 0.25) is 0 Å². The zero-order valence-corrected chi connectivity index (χ0v) is 10.5. The quantitative estimate of drug-likeness (QED) is 0.708. The Morgan fingerprint density at radius 2 is 1.82 bits per heavy atom. The van der Waals surface area contributed by atoms with Crippen molar-refractivity contribution in [2.24, 2.45) is 16.1 Å². The van der Waals surface area contributed by atoms with Crippen LogP contribution in [-0.2, 0) is 9.53 Å². The summed E-state index contributed by atoms with van der Waals surface area (Å²) >= 11 is 0. The maximum atomic E-state index is 12.1. The average molecular weight is 241 g/mol. The van der Waals surface area contributed by atoms with Crippen LogP contribution in [-0.4, -0.2) is 43.1 Å². The molecule has 6 nitrogen and oxygen atoms in total. The van der Waals surface area contributed by atoms with E-state index >= 15 is 0 Å². The first-order valence-corrected chi connectivity index (χ1v) is 5.84. The molecule has 96 valence electrons.